The molecule has 70 heavy (non-hydrogen) atoms. The van der Waals surface area contributed by atoms with Gasteiger partial charge in [-0.15, -0.1) is 0 Å². The lowest BCUT2D eigenvalue weighted by atomic mass is 9.97. The quantitative estimate of drug-likeness (QED) is 0.167. The van der Waals surface area contributed by atoms with Crippen LogP contribution in [-0.4, -0.2) is 19.5 Å². The monoisotopic (exact) mass is 896 g/mol. The van der Waals surface area contributed by atoms with Gasteiger partial charge in [0.15, 0.2) is 17.5 Å². The molecule has 13 aromatic rings. The third-order valence-corrected chi connectivity index (χ3v) is 13.7. The largest absolute Gasteiger partial charge is 0.455 e. The standard InChI is InChI=1S/C65H44N4O/c1-41-38-60(42(2)37-55(41)65-67-63(44-21-8-4-9-22-44)66-64(68-65)45-23-10-5-11-24-45)69-58-35-33-46(43-19-6-3-7-20-43)39-56(58)51-27-14-12-25-49(51)50-26-13-15-28-52(50)57-40-47(34-36-59(57)69)48-30-18-31-54-53-29-16-17-32-61(53)70-62(48)54/h3-40H,1-2H3. The number of para-hydroxylation sites is 2. The van der Waals surface area contributed by atoms with Gasteiger partial charge >= 0.3 is 0 Å². The highest BCUT2D eigenvalue weighted by atomic mass is 16.3. The highest BCUT2D eigenvalue weighted by Gasteiger charge is 2.20. The fourth-order valence-electron chi connectivity index (χ4n) is 10.4. The van der Waals surface area contributed by atoms with Crippen LogP contribution in [0.25, 0.3) is 127 Å². The molecule has 3 aromatic heterocycles. The van der Waals surface area contributed by atoms with E-state index < -0.39 is 0 Å². The third kappa shape index (κ3) is 6.98. The van der Waals surface area contributed by atoms with Crippen LogP contribution in [0.1, 0.15) is 11.1 Å². The number of hydrogen-bond acceptors (Lipinski definition) is 4. The maximum absolute atomic E-state index is 6.66. The number of hydrogen-bond donors (Lipinski definition) is 0. The van der Waals surface area contributed by atoms with E-state index in [0.29, 0.717) is 17.5 Å². The first-order valence-electron chi connectivity index (χ1n) is 23.8. The zero-order chi connectivity index (χ0) is 46.7. The van der Waals surface area contributed by atoms with Crippen molar-refractivity contribution in [2.45, 2.75) is 13.8 Å². The number of aromatic nitrogens is 4. The van der Waals surface area contributed by atoms with Gasteiger partial charge in [0.25, 0.3) is 0 Å². The Bertz CT molecular complexity index is 4190. The van der Waals surface area contributed by atoms with Gasteiger partial charge in [0.2, 0.25) is 0 Å². The first kappa shape index (κ1) is 41.0. The molecule has 13 rings (SSSR count). The molecular formula is C65H44N4O. The van der Waals surface area contributed by atoms with E-state index in [0.717, 1.165) is 116 Å². The maximum Gasteiger partial charge on any atom is 0.164 e. The van der Waals surface area contributed by atoms with Crippen molar-refractivity contribution in [1.82, 2.24) is 19.5 Å². The highest BCUT2D eigenvalue weighted by molar-refractivity contribution is 6.20. The second kappa shape index (κ2) is 16.8. The van der Waals surface area contributed by atoms with Gasteiger partial charge in [0.1, 0.15) is 11.2 Å². The minimum absolute atomic E-state index is 0.630. The molecule has 0 unspecified atom stereocenters. The van der Waals surface area contributed by atoms with Gasteiger partial charge in [-0.1, -0.05) is 188 Å². The van der Waals surface area contributed by atoms with E-state index in [-0.39, 0.29) is 0 Å². The molecule has 0 N–H and O–H groups in total. The minimum Gasteiger partial charge on any atom is -0.455 e. The number of rotatable bonds is 6. The topological polar surface area (TPSA) is 56.7 Å². The van der Waals surface area contributed by atoms with Crippen LogP contribution in [0.4, 0.5) is 0 Å². The fourth-order valence-corrected chi connectivity index (χ4v) is 10.4. The molecule has 0 saturated heterocycles. The summed E-state index contributed by atoms with van der Waals surface area (Å²) in [7, 11) is 0. The number of fused-ring (bicyclic) bond motifs is 10. The number of aryl methyl sites for hydroxylation is 2. The molecule has 5 nitrogen and oxygen atoms in total. The van der Waals surface area contributed by atoms with E-state index >= 15 is 0 Å². The average Bonchev–Trinajstić information content (AvgIpc) is 3.83. The molecule has 10 aromatic carbocycles. The summed E-state index contributed by atoms with van der Waals surface area (Å²) in [6.07, 6.45) is 0. The Labute approximate surface area is 405 Å². The smallest absolute Gasteiger partial charge is 0.164 e. The molecule has 0 aliphatic carbocycles. The number of furan rings is 1. The van der Waals surface area contributed by atoms with Crippen molar-refractivity contribution in [1.29, 1.82) is 0 Å². The van der Waals surface area contributed by atoms with E-state index in [1.165, 1.54) is 5.39 Å². The van der Waals surface area contributed by atoms with Crippen LogP contribution in [0, 0.1) is 13.8 Å². The van der Waals surface area contributed by atoms with Gasteiger partial charge in [-0.25, -0.2) is 15.0 Å². The van der Waals surface area contributed by atoms with E-state index in [9.17, 15) is 0 Å². The zero-order valence-electron chi connectivity index (χ0n) is 38.6. The van der Waals surface area contributed by atoms with E-state index in [2.05, 4.69) is 206 Å². The molecule has 0 saturated carbocycles. The molecule has 0 radical (unpaired) electrons. The van der Waals surface area contributed by atoms with Crippen molar-refractivity contribution in [3.63, 3.8) is 0 Å². The second-order valence-corrected chi connectivity index (χ2v) is 18.0. The fraction of sp³-hybridized carbons (Fsp3) is 0.0308. The Kier molecular flexibility index (Phi) is 9.88. The van der Waals surface area contributed by atoms with Crippen LogP contribution in [0.15, 0.2) is 235 Å². The van der Waals surface area contributed by atoms with Crippen LogP contribution in [0.2, 0.25) is 0 Å². The maximum atomic E-state index is 6.66. The predicted molar refractivity (Wildman–Crippen MR) is 291 cm³/mol. The van der Waals surface area contributed by atoms with Gasteiger partial charge in [0.05, 0.1) is 11.0 Å². The summed E-state index contributed by atoms with van der Waals surface area (Å²) in [6, 6.07) is 82.0. The average molecular weight is 897 g/mol. The Morgan fingerprint density at radius 3 is 1.39 bits per heavy atom. The van der Waals surface area contributed by atoms with Crippen molar-refractivity contribution in [2.24, 2.45) is 0 Å². The molecule has 0 fully saturated rings. The van der Waals surface area contributed by atoms with Crippen LogP contribution < -0.4 is 0 Å². The summed E-state index contributed by atoms with van der Waals surface area (Å²) in [5.41, 5.74) is 14.3. The van der Waals surface area contributed by atoms with E-state index in [1.807, 2.05) is 42.5 Å². The van der Waals surface area contributed by atoms with Gasteiger partial charge in [-0.05, 0) is 106 Å². The number of nitrogens with zero attached hydrogens (tertiary/aromatic N) is 4. The van der Waals surface area contributed by atoms with Gasteiger partial charge in [-0.3, -0.25) is 0 Å². The summed E-state index contributed by atoms with van der Waals surface area (Å²) >= 11 is 0. The van der Waals surface area contributed by atoms with Gasteiger partial charge in [0, 0.05) is 49.5 Å². The van der Waals surface area contributed by atoms with Gasteiger partial charge in [-0.2, -0.15) is 0 Å². The van der Waals surface area contributed by atoms with E-state index in [4.69, 9.17) is 19.4 Å². The number of benzene rings is 10. The SMILES string of the molecule is Cc1cc(-n2c3ccc(-c4ccccc4)cc3c3ccccc3c3ccccc3c3cc(-c4cccc5c4oc4ccccc45)ccc32)c(C)cc1-c1nc(-c2ccccc2)nc(-c2ccccc2)n1. The van der Waals surface area contributed by atoms with Crippen molar-refractivity contribution in [3.05, 3.63) is 242 Å². The molecular weight excluding hydrogens is 853 g/mol. The third-order valence-electron chi connectivity index (χ3n) is 13.7. The van der Waals surface area contributed by atoms with Crippen molar-refractivity contribution in [3.8, 4) is 62.1 Å². The zero-order valence-corrected chi connectivity index (χ0v) is 38.6. The van der Waals surface area contributed by atoms with Crippen molar-refractivity contribution < 1.29 is 4.42 Å². The normalized spacial score (nSPS) is 11.6. The second-order valence-electron chi connectivity index (χ2n) is 18.0. The molecule has 0 aliphatic rings. The Morgan fingerprint density at radius 2 is 0.786 bits per heavy atom. The molecule has 5 heteroatoms. The van der Waals surface area contributed by atoms with E-state index in [1.54, 1.807) is 0 Å². The Hall–Kier alpha value is -9.19. The lowest BCUT2D eigenvalue weighted by molar-refractivity contribution is 0.670. The lowest BCUT2D eigenvalue weighted by Crippen LogP contribution is -2.04. The molecule has 3 heterocycles. The van der Waals surface area contributed by atoms with Crippen molar-refractivity contribution in [2.75, 3.05) is 0 Å². The molecule has 0 aliphatic heterocycles. The minimum atomic E-state index is 0.630. The summed E-state index contributed by atoms with van der Waals surface area (Å²) in [5, 5.41) is 9.09. The summed E-state index contributed by atoms with van der Waals surface area (Å²) in [5.74, 6) is 1.90. The summed E-state index contributed by atoms with van der Waals surface area (Å²) < 4.78 is 9.14. The molecule has 0 spiro atoms. The summed E-state index contributed by atoms with van der Waals surface area (Å²) in [4.78, 5) is 15.4. The lowest BCUT2D eigenvalue weighted by Gasteiger charge is -2.19. The molecule has 330 valence electrons. The molecule has 0 bridgehead atoms. The Morgan fingerprint density at radius 1 is 0.314 bits per heavy atom. The summed E-state index contributed by atoms with van der Waals surface area (Å²) in [6.45, 7) is 4.38. The van der Waals surface area contributed by atoms with Crippen LogP contribution >= 0.6 is 0 Å². The molecule has 0 amide bonds. The van der Waals surface area contributed by atoms with Crippen LogP contribution in [0.3, 0.4) is 0 Å². The van der Waals surface area contributed by atoms with Gasteiger partial charge < -0.3 is 8.98 Å². The first-order chi connectivity index (χ1) is 34.5. The Balaban J connectivity index is 1.14. The van der Waals surface area contributed by atoms with Crippen LogP contribution in [0.5, 0.6) is 0 Å². The van der Waals surface area contributed by atoms with Crippen molar-refractivity contribution >= 4 is 65.3 Å². The highest BCUT2D eigenvalue weighted by Crippen LogP contribution is 2.41. The predicted octanol–water partition coefficient (Wildman–Crippen LogP) is 17.3. The molecule has 0 atom stereocenters. The van der Waals surface area contributed by atoms with Crippen LogP contribution in [-0.2, 0) is 0 Å². The first-order valence-corrected chi connectivity index (χ1v) is 23.8.